The molecule has 0 saturated carbocycles. The zero-order valence-electron chi connectivity index (χ0n) is 18.0. The van der Waals surface area contributed by atoms with E-state index in [1.54, 1.807) is 31.7 Å². The highest BCUT2D eigenvalue weighted by molar-refractivity contribution is 5.38. The van der Waals surface area contributed by atoms with Gasteiger partial charge < -0.3 is 23.5 Å². The first-order chi connectivity index (χ1) is 15.2. The van der Waals surface area contributed by atoms with Gasteiger partial charge in [-0.2, -0.15) is 0 Å². The van der Waals surface area contributed by atoms with Crippen molar-refractivity contribution >= 4 is 6.01 Å². The summed E-state index contributed by atoms with van der Waals surface area (Å²) >= 11 is 0. The van der Waals surface area contributed by atoms with Crippen LogP contribution in [0.5, 0.6) is 5.75 Å². The molecule has 3 saturated heterocycles. The van der Waals surface area contributed by atoms with E-state index in [2.05, 4.69) is 14.8 Å². The quantitative estimate of drug-likeness (QED) is 0.625. The van der Waals surface area contributed by atoms with Crippen molar-refractivity contribution in [2.24, 2.45) is 0 Å². The Morgan fingerprint density at radius 1 is 1.23 bits per heavy atom. The smallest absolute Gasteiger partial charge is 0.297 e. The monoisotopic (exact) mass is 431 g/mol. The summed E-state index contributed by atoms with van der Waals surface area (Å²) in [6.07, 6.45) is 6.32. The van der Waals surface area contributed by atoms with Gasteiger partial charge in [-0.05, 0) is 56.5 Å². The van der Waals surface area contributed by atoms with Crippen LogP contribution in [0.25, 0.3) is 0 Å². The van der Waals surface area contributed by atoms with Crippen molar-refractivity contribution < 1.29 is 23.0 Å². The molecule has 1 unspecified atom stereocenters. The van der Waals surface area contributed by atoms with Gasteiger partial charge in [-0.1, -0.05) is 0 Å². The lowest BCUT2D eigenvalue weighted by atomic mass is 9.86. The van der Waals surface area contributed by atoms with E-state index in [9.17, 15) is 4.39 Å². The molecular formula is C23H30FN3O4. The minimum atomic E-state index is -0.205. The summed E-state index contributed by atoms with van der Waals surface area (Å²) < 4.78 is 36.5. The molecule has 1 spiro atoms. The molecule has 0 amide bonds. The Kier molecular flexibility index (Phi) is 5.86. The average molecular weight is 432 g/mol. The van der Waals surface area contributed by atoms with Crippen LogP contribution in [0, 0.1) is 5.82 Å². The van der Waals surface area contributed by atoms with Gasteiger partial charge in [0.05, 0.1) is 32.5 Å². The van der Waals surface area contributed by atoms with Gasteiger partial charge in [-0.25, -0.2) is 9.37 Å². The molecular weight excluding hydrogens is 401 g/mol. The minimum absolute atomic E-state index is 0.0685. The third kappa shape index (κ3) is 4.29. The zero-order valence-corrected chi connectivity index (χ0v) is 18.0. The third-order valence-electron chi connectivity index (χ3n) is 6.84. The van der Waals surface area contributed by atoms with Gasteiger partial charge in [0, 0.05) is 18.7 Å². The Hall–Kier alpha value is -2.16. The van der Waals surface area contributed by atoms with Gasteiger partial charge in [0.1, 0.15) is 30.0 Å². The Bertz CT molecular complexity index is 864. The number of ether oxygens (including phenoxy) is 3. The van der Waals surface area contributed by atoms with Crippen molar-refractivity contribution in [3.05, 3.63) is 42.0 Å². The molecule has 8 heteroatoms. The van der Waals surface area contributed by atoms with Crippen LogP contribution in [0.15, 0.2) is 35.1 Å². The van der Waals surface area contributed by atoms with E-state index >= 15 is 0 Å². The Morgan fingerprint density at radius 2 is 2.06 bits per heavy atom. The second-order valence-electron chi connectivity index (χ2n) is 8.86. The van der Waals surface area contributed by atoms with Gasteiger partial charge in [0.25, 0.3) is 6.01 Å². The van der Waals surface area contributed by atoms with Crippen LogP contribution in [-0.4, -0.2) is 74.6 Å². The van der Waals surface area contributed by atoms with Gasteiger partial charge in [-0.3, -0.25) is 4.90 Å². The zero-order chi connectivity index (χ0) is 21.3. The number of hydrogen-bond donors (Lipinski definition) is 0. The largest absolute Gasteiger partial charge is 0.491 e. The van der Waals surface area contributed by atoms with E-state index in [1.165, 1.54) is 6.07 Å². The number of aromatic nitrogens is 1. The average Bonchev–Trinajstić information content (AvgIpc) is 3.44. The fourth-order valence-electron chi connectivity index (χ4n) is 5.21. The molecule has 31 heavy (non-hydrogen) atoms. The van der Waals surface area contributed by atoms with Crippen LogP contribution in [0.2, 0.25) is 0 Å². The summed E-state index contributed by atoms with van der Waals surface area (Å²) in [5.41, 5.74) is 0.913. The molecule has 2 aromatic rings. The molecule has 0 bridgehead atoms. The topological polar surface area (TPSA) is 60.2 Å². The van der Waals surface area contributed by atoms with Crippen molar-refractivity contribution in [2.45, 2.75) is 36.8 Å². The van der Waals surface area contributed by atoms with Crippen molar-refractivity contribution in [1.29, 1.82) is 0 Å². The predicted molar refractivity (Wildman–Crippen MR) is 113 cm³/mol. The summed E-state index contributed by atoms with van der Waals surface area (Å²) in [7, 11) is 1.65. The van der Waals surface area contributed by atoms with Gasteiger partial charge in [0.2, 0.25) is 0 Å². The van der Waals surface area contributed by atoms with Crippen molar-refractivity contribution in [3.63, 3.8) is 0 Å². The number of anilines is 1. The lowest BCUT2D eigenvalue weighted by Crippen LogP contribution is -2.62. The maximum absolute atomic E-state index is 14.0. The second kappa shape index (κ2) is 8.76. The summed E-state index contributed by atoms with van der Waals surface area (Å²) in [4.78, 5) is 8.90. The molecule has 0 N–H and O–H groups in total. The number of rotatable bonds is 7. The van der Waals surface area contributed by atoms with Crippen LogP contribution >= 0.6 is 0 Å². The van der Waals surface area contributed by atoms with Crippen molar-refractivity contribution in [2.75, 3.05) is 58.0 Å². The van der Waals surface area contributed by atoms with E-state index in [0.29, 0.717) is 31.2 Å². The van der Waals surface area contributed by atoms with Crippen molar-refractivity contribution in [3.8, 4) is 5.75 Å². The molecule has 7 nitrogen and oxygen atoms in total. The first-order valence-corrected chi connectivity index (χ1v) is 11.1. The maximum Gasteiger partial charge on any atom is 0.297 e. The van der Waals surface area contributed by atoms with Crippen LogP contribution < -0.4 is 9.64 Å². The fraction of sp³-hybridized carbons (Fsp3) is 0.609. The highest BCUT2D eigenvalue weighted by atomic mass is 19.1. The molecule has 1 aromatic heterocycles. The highest BCUT2D eigenvalue weighted by Crippen LogP contribution is 2.41. The molecule has 0 aliphatic carbocycles. The number of hydrogen-bond acceptors (Lipinski definition) is 7. The van der Waals surface area contributed by atoms with E-state index in [0.717, 1.165) is 63.4 Å². The number of likely N-dealkylation sites (tertiary alicyclic amines) is 1. The number of methoxy groups -OCH3 is 1. The molecule has 3 fully saturated rings. The molecule has 3 aliphatic rings. The van der Waals surface area contributed by atoms with E-state index in [4.69, 9.17) is 18.6 Å². The molecule has 4 heterocycles. The Morgan fingerprint density at radius 3 is 2.81 bits per heavy atom. The molecule has 1 atom stereocenters. The molecule has 3 aliphatic heterocycles. The van der Waals surface area contributed by atoms with E-state index in [1.807, 2.05) is 0 Å². The van der Waals surface area contributed by atoms with Crippen LogP contribution in [-0.2, 0) is 9.47 Å². The SMILES string of the molecule is COCCOc1ccc(F)cc1C1CCN(C2COC3(C2)CN(c2ncco2)C3)CC1. The predicted octanol–water partition coefficient (Wildman–Crippen LogP) is 3.07. The summed E-state index contributed by atoms with van der Waals surface area (Å²) in [6, 6.07) is 5.98. The van der Waals surface area contributed by atoms with Crippen LogP contribution in [0.4, 0.5) is 10.4 Å². The van der Waals surface area contributed by atoms with Crippen molar-refractivity contribution in [1.82, 2.24) is 9.88 Å². The second-order valence-corrected chi connectivity index (χ2v) is 8.86. The normalized spacial score (nSPS) is 23.9. The molecule has 0 radical (unpaired) electrons. The molecule has 1 aromatic carbocycles. The van der Waals surface area contributed by atoms with E-state index in [-0.39, 0.29) is 11.4 Å². The van der Waals surface area contributed by atoms with E-state index < -0.39 is 0 Å². The molecule has 5 rings (SSSR count). The number of oxazole rings is 1. The maximum atomic E-state index is 14.0. The first-order valence-electron chi connectivity index (χ1n) is 11.1. The highest BCUT2D eigenvalue weighted by Gasteiger charge is 2.52. The molecule has 168 valence electrons. The first kappa shape index (κ1) is 20.7. The number of piperidine rings is 1. The summed E-state index contributed by atoms with van der Waals surface area (Å²) in [6.45, 7) is 5.43. The van der Waals surface area contributed by atoms with Gasteiger partial charge in [0.15, 0.2) is 0 Å². The minimum Gasteiger partial charge on any atom is -0.491 e. The van der Waals surface area contributed by atoms with Gasteiger partial charge >= 0.3 is 0 Å². The number of halogens is 1. The van der Waals surface area contributed by atoms with Crippen LogP contribution in [0.3, 0.4) is 0 Å². The lowest BCUT2D eigenvalue weighted by Gasteiger charge is -2.46. The number of nitrogens with zero attached hydrogens (tertiary/aromatic N) is 3. The number of benzene rings is 1. The van der Waals surface area contributed by atoms with Gasteiger partial charge in [-0.15, -0.1) is 0 Å². The van der Waals surface area contributed by atoms with Crippen LogP contribution in [0.1, 0.15) is 30.7 Å². The standard InChI is InChI=1S/C23H30FN3O4/c1-28-10-11-29-21-3-2-18(24)12-20(21)17-4-7-26(8-5-17)19-13-23(31-14-19)15-27(16-23)22-25-6-9-30-22/h2-3,6,9,12,17,19H,4-5,7-8,10-11,13-16H2,1H3. The Labute approximate surface area is 182 Å². The third-order valence-corrected chi connectivity index (χ3v) is 6.84. The summed E-state index contributed by atoms with van der Waals surface area (Å²) in [5.74, 6) is 0.884. The summed E-state index contributed by atoms with van der Waals surface area (Å²) in [5, 5.41) is 0. The lowest BCUT2D eigenvalue weighted by molar-refractivity contribution is -0.0215. The fourth-order valence-corrected chi connectivity index (χ4v) is 5.21. The Balaban J connectivity index is 1.15.